The molecule has 0 aliphatic heterocycles. The molecular formula is C24H26N8O2S2. The van der Waals surface area contributed by atoms with E-state index in [0.717, 1.165) is 22.9 Å². The summed E-state index contributed by atoms with van der Waals surface area (Å²) < 4.78 is 0. The first-order valence-corrected chi connectivity index (χ1v) is 13.2. The van der Waals surface area contributed by atoms with Crippen LogP contribution < -0.4 is 10.6 Å². The third-order valence-corrected chi connectivity index (χ3v) is 7.48. The highest BCUT2D eigenvalue weighted by atomic mass is 32.1. The van der Waals surface area contributed by atoms with E-state index in [4.69, 9.17) is 0 Å². The molecule has 0 fully saturated rings. The van der Waals surface area contributed by atoms with Gasteiger partial charge in [0.05, 0.1) is 12.8 Å². The number of pyridine rings is 2. The van der Waals surface area contributed by atoms with E-state index < -0.39 is 0 Å². The lowest BCUT2D eigenvalue weighted by Gasteiger charge is -2.15. The average Bonchev–Trinajstić information content (AvgIpc) is 3.53. The van der Waals surface area contributed by atoms with Crippen LogP contribution >= 0.6 is 22.7 Å². The van der Waals surface area contributed by atoms with E-state index in [0.29, 0.717) is 21.7 Å². The Hall–Kier alpha value is -3.64. The average molecular weight is 523 g/mol. The van der Waals surface area contributed by atoms with E-state index in [-0.39, 0.29) is 36.5 Å². The standard InChI is InChI=1S/C24H26N8O2S2/c1-3-16(22-30-32-24(36-22)28-20(34)14-18-9-5-7-11-26-18)12-15(2)21-29-31-23(35-21)27-19(33)13-17-8-4-6-10-25-17/h4-11,15-16H,3,12-14H2,1-2H3,(H,27,31,33)(H,28,32,34)/t15-,16+/m1/s1. The topological polar surface area (TPSA) is 136 Å². The van der Waals surface area contributed by atoms with Crippen LogP contribution in [0, 0.1) is 0 Å². The SMILES string of the molecule is CC[C@@H](C[C@@H](C)c1nnc(NC(=O)Cc2ccccn2)s1)c1nnc(NC(=O)Cc2ccccn2)s1. The fourth-order valence-corrected chi connectivity index (χ4v) is 5.34. The number of rotatable bonds is 11. The molecule has 0 spiro atoms. The molecule has 0 saturated carbocycles. The van der Waals surface area contributed by atoms with Crippen LogP contribution in [0.3, 0.4) is 0 Å². The summed E-state index contributed by atoms with van der Waals surface area (Å²) in [5.41, 5.74) is 1.40. The van der Waals surface area contributed by atoms with Gasteiger partial charge >= 0.3 is 0 Å². The van der Waals surface area contributed by atoms with Gasteiger partial charge in [0.15, 0.2) is 0 Å². The van der Waals surface area contributed by atoms with Gasteiger partial charge in [-0.1, -0.05) is 48.7 Å². The van der Waals surface area contributed by atoms with Gasteiger partial charge in [-0.25, -0.2) is 0 Å². The second kappa shape index (κ2) is 12.4. The minimum Gasteiger partial charge on any atom is -0.300 e. The highest BCUT2D eigenvalue weighted by Gasteiger charge is 2.22. The van der Waals surface area contributed by atoms with E-state index in [1.54, 1.807) is 12.4 Å². The number of nitrogens with one attached hydrogen (secondary N) is 2. The molecule has 36 heavy (non-hydrogen) atoms. The number of anilines is 2. The monoisotopic (exact) mass is 522 g/mol. The third-order valence-electron chi connectivity index (χ3n) is 5.41. The minimum atomic E-state index is -0.179. The molecule has 2 amide bonds. The summed E-state index contributed by atoms with van der Waals surface area (Å²) >= 11 is 2.76. The molecule has 4 rings (SSSR count). The van der Waals surface area contributed by atoms with Crippen molar-refractivity contribution < 1.29 is 9.59 Å². The molecule has 12 heteroatoms. The molecule has 4 aromatic heterocycles. The van der Waals surface area contributed by atoms with Crippen LogP contribution in [0.25, 0.3) is 0 Å². The Labute approximate surface area is 216 Å². The fraction of sp³-hybridized carbons (Fsp3) is 0.333. The van der Waals surface area contributed by atoms with Gasteiger partial charge < -0.3 is 10.6 Å². The zero-order chi connectivity index (χ0) is 25.3. The van der Waals surface area contributed by atoms with Crippen LogP contribution in [0.2, 0.25) is 0 Å². The molecule has 0 radical (unpaired) electrons. The Kier molecular flexibility index (Phi) is 8.74. The first kappa shape index (κ1) is 25.5. The smallest absolute Gasteiger partial charge is 0.232 e. The van der Waals surface area contributed by atoms with Gasteiger partial charge in [-0.3, -0.25) is 19.6 Å². The first-order chi connectivity index (χ1) is 17.5. The van der Waals surface area contributed by atoms with Crippen molar-refractivity contribution >= 4 is 44.8 Å². The summed E-state index contributed by atoms with van der Waals surface area (Å²) in [6.45, 7) is 4.18. The van der Waals surface area contributed by atoms with Gasteiger partial charge in [0, 0.05) is 35.6 Å². The maximum Gasteiger partial charge on any atom is 0.232 e. The quantitative estimate of drug-likeness (QED) is 0.299. The Bertz CT molecular complexity index is 1280. The van der Waals surface area contributed by atoms with Crippen molar-refractivity contribution in [3.05, 3.63) is 70.2 Å². The normalized spacial score (nSPS) is 12.6. The Morgan fingerprint density at radius 2 is 1.33 bits per heavy atom. The summed E-state index contributed by atoms with van der Waals surface area (Å²) in [5.74, 6) is -0.0868. The second-order valence-corrected chi connectivity index (χ2v) is 10.2. The van der Waals surface area contributed by atoms with Gasteiger partial charge in [0.2, 0.25) is 22.1 Å². The van der Waals surface area contributed by atoms with Crippen LogP contribution in [0.1, 0.15) is 59.9 Å². The number of nitrogens with zero attached hydrogens (tertiary/aromatic N) is 6. The minimum absolute atomic E-state index is 0.111. The van der Waals surface area contributed by atoms with Crippen molar-refractivity contribution in [1.82, 2.24) is 30.4 Å². The Balaban J connectivity index is 1.30. The second-order valence-electron chi connectivity index (χ2n) is 8.22. The van der Waals surface area contributed by atoms with Crippen LogP contribution in [-0.4, -0.2) is 42.2 Å². The van der Waals surface area contributed by atoms with E-state index in [9.17, 15) is 9.59 Å². The lowest BCUT2D eigenvalue weighted by Crippen LogP contribution is -2.14. The van der Waals surface area contributed by atoms with Crippen LogP contribution in [0.5, 0.6) is 0 Å². The van der Waals surface area contributed by atoms with Crippen molar-refractivity contribution in [3.63, 3.8) is 0 Å². The predicted molar refractivity (Wildman–Crippen MR) is 139 cm³/mol. The molecule has 0 unspecified atom stereocenters. The van der Waals surface area contributed by atoms with Gasteiger partial charge in [-0.15, -0.1) is 20.4 Å². The number of amides is 2. The van der Waals surface area contributed by atoms with Gasteiger partial charge in [0.1, 0.15) is 10.0 Å². The van der Waals surface area contributed by atoms with E-state index in [2.05, 4.69) is 54.8 Å². The number of aromatic nitrogens is 6. The predicted octanol–water partition coefficient (Wildman–Crippen LogP) is 4.23. The van der Waals surface area contributed by atoms with E-state index in [1.165, 1.54) is 22.7 Å². The van der Waals surface area contributed by atoms with Crippen molar-refractivity contribution in [2.45, 2.75) is 51.4 Å². The zero-order valence-corrected chi connectivity index (χ0v) is 21.6. The molecule has 0 saturated heterocycles. The number of carbonyl (C=O) groups excluding carboxylic acids is 2. The lowest BCUT2D eigenvalue weighted by molar-refractivity contribution is -0.116. The molecule has 186 valence electrons. The lowest BCUT2D eigenvalue weighted by atomic mass is 9.95. The van der Waals surface area contributed by atoms with E-state index in [1.807, 2.05) is 36.4 Å². The number of hydrogen-bond acceptors (Lipinski definition) is 10. The zero-order valence-electron chi connectivity index (χ0n) is 19.9. The summed E-state index contributed by atoms with van der Waals surface area (Å²) in [4.78, 5) is 33.0. The van der Waals surface area contributed by atoms with Gasteiger partial charge in [0.25, 0.3) is 0 Å². The molecule has 0 aliphatic rings. The third kappa shape index (κ3) is 7.18. The molecule has 2 N–H and O–H groups in total. The highest BCUT2D eigenvalue weighted by Crippen LogP contribution is 2.36. The Morgan fingerprint density at radius 3 is 1.83 bits per heavy atom. The van der Waals surface area contributed by atoms with Crippen LogP contribution in [0.15, 0.2) is 48.8 Å². The molecule has 4 aromatic rings. The van der Waals surface area contributed by atoms with Crippen molar-refractivity contribution in [3.8, 4) is 0 Å². The molecular weight excluding hydrogens is 496 g/mol. The molecule has 0 aliphatic carbocycles. The number of hydrogen-bond donors (Lipinski definition) is 2. The molecule has 0 aromatic carbocycles. The van der Waals surface area contributed by atoms with Crippen LogP contribution in [-0.2, 0) is 22.4 Å². The van der Waals surface area contributed by atoms with Crippen LogP contribution in [0.4, 0.5) is 10.3 Å². The summed E-state index contributed by atoms with van der Waals surface area (Å²) in [6, 6.07) is 10.9. The van der Waals surface area contributed by atoms with Gasteiger partial charge in [-0.2, -0.15) is 0 Å². The van der Waals surface area contributed by atoms with E-state index >= 15 is 0 Å². The molecule has 4 heterocycles. The Morgan fingerprint density at radius 1 is 0.806 bits per heavy atom. The van der Waals surface area contributed by atoms with Gasteiger partial charge in [-0.05, 0) is 37.1 Å². The molecule has 0 bridgehead atoms. The summed E-state index contributed by atoms with van der Waals surface area (Å²) in [7, 11) is 0. The summed E-state index contributed by atoms with van der Waals surface area (Å²) in [5, 5.41) is 25.2. The molecule has 10 nitrogen and oxygen atoms in total. The molecule has 2 atom stereocenters. The largest absolute Gasteiger partial charge is 0.300 e. The summed E-state index contributed by atoms with van der Waals surface area (Å²) in [6.07, 6.45) is 5.35. The van der Waals surface area contributed by atoms with Crippen molar-refractivity contribution in [2.24, 2.45) is 0 Å². The number of carbonyl (C=O) groups is 2. The maximum atomic E-state index is 12.3. The fourth-order valence-electron chi connectivity index (χ4n) is 3.57. The van der Waals surface area contributed by atoms with Crippen molar-refractivity contribution in [2.75, 3.05) is 10.6 Å². The van der Waals surface area contributed by atoms with Crippen molar-refractivity contribution in [1.29, 1.82) is 0 Å². The first-order valence-electron chi connectivity index (χ1n) is 11.6. The highest BCUT2D eigenvalue weighted by molar-refractivity contribution is 7.15. The maximum absolute atomic E-state index is 12.3.